The van der Waals surface area contributed by atoms with Gasteiger partial charge < -0.3 is 20.3 Å². The van der Waals surface area contributed by atoms with E-state index in [1.807, 2.05) is 27.7 Å². The number of hydrogen-bond acceptors (Lipinski definition) is 4. The van der Waals surface area contributed by atoms with E-state index in [0.29, 0.717) is 0 Å². The highest BCUT2D eigenvalue weighted by molar-refractivity contribution is 5.68. The lowest BCUT2D eigenvalue weighted by Gasteiger charge is -2.26. The van der Waals surface area contributed by atoms with Crippen molar-refractivity contribution in [2.45, 2.75) is 60.1 Å². The quantitative estimate of drug-likeness (QED) is 0.713. The van der Waals surface area contributed by atoms with Crippen LogP contribution in [0.2, 0.25) is 0 Å². The van der Waals surface area contributed by atoms with Crippen LogP contribution in [-0.4, -0.2) is 41.2 Å². The number of nitrogens with one attached hydrogen (secondary N) is 1. The van der Waals surface area contributed by atoms with E-state index in [0.717, 1.165) is 0 Å². The number of carbonyl (C=O) groups excluding carboxylic acids is 1. The molecule has 0 saturated carbocycles. The highest BCUT2D eigenvalue weighted by Gasteiger charge is 2.25. The normalized spacial score (nSPS) is 9.53. The number of ether oxygens (including phenoxy) is 1. The molecule has 0 atom stereocenters. The minimum Gasteiger partial charge on any atom is -0.447 e. The lowest BCUT2D eigenvalue weighted by atomic mass is 10.1. The van der Waals surface area contributed by atoms with Crippen LogP contribution in [0, 0.1) is 0 Å². The summed E-state index contributed by atoms with van der Waals surface area (Å²) in [5.41, 5.74) is -1.02. The Morgan fingerprint density at radius 1 is 1.18 bits per heavy atom. The van der Waals surface area contributed by atoms with E-state index in [-0.39, 0.29) is 19.3 Å². The van der Waals surface area contributed by atoms with Crippen molar-refractivity contribution in [1.82, 2.24) is 5.32 Å². The van der Waals surface area contributed by atoms with Gasteiger partial charge in [0, 0.05) is 0 Å². The fourth-order valence-corrected chi connectivity index (χ4v) is 0.619. The predicted octanol–water partition coefficient (Wildman–Crippen LogP) is 1.92. The smallest absolute Gasteiger partial charge is 0.407 e. The molecule has 0 aromatic rings. The Bertz CT molecular complexity index is 168. The van der Waals surface area contributed by atoms with Crippen LogP contribution in [-0.2, 0) is 4.74 Å². The number of aliphatic hydroxyl groups is 2. The summed E-state index contributed by atoms with van der Waals surface area (Å²) in [4.78, 5) is 11.0. The highest BCUT2D eigenvalue weighted by atomic mass is 16.6. The second-order valence-electron chi connectivity index (χ2n) is 3.46. The maximum atomic E-state index is 11.0. The standard InChI is InChI=1S/C8H17NO4.2C2H6/c1-6(2)13-7(12)9-8(3,4-10)5-11;2*1-2/h6,10-11H,4-5H2,1-3H3,(H,9,12);2*1-2H3. The van der Waals surface area contributed by atoms with Crippen LogP contribution in [0.25, 0.3) is 0 Å². The maximum absolute atomic E-state index is 11.0. The summed E-state index contributed by atoms with van der Waals surface area (Å²) in [6.45, 7) is 12.3. The Kier molecular flexibility index (Phi) is 16.7. The highest BCUT2D eigenvalue weighted by Crippen LogP contribution is 2.01. The number of alkyl carbamates (subject to hydrolysis) is 1. The topological polar surface area (TPSA) is 78.8 Å². The Hall–Kier alpha value is -0.810. The van der Waals surface area contributed by atoms with Crippen LogP contribution in [0.15, 0.2) is 0 Å². The molecule has 0 radical (unpaired) electrons. The zero-order chi connectivity index (χ0) is 14.5. The molecule has 3 N–H and O–H groups in total. The monoisotopic (exact) mass is 251 g/mol. The first-order valence-corrected chi connectivity index (χ1v) is 6.14. The average molecular weight is 251 g/mol. The molecule has 0 aromatic carbocycles. The molecular weight excluding hydrogens is 222 g/mol. The first-order valence-electron chi connectivity index (χ1n) is 6.14. The van der Waals surface area contributed by atoms with Crippen molar-refractivity contribution in [1.29, 1.82) is 0 Å². The fourth-order valence-electron chi connectivity index (χ4n) is 0.619. The summed E-state index contributed by atoms with van der Waals surface area (Å²) in [7, 11) is 0. The van der Waals surface area contributed by atoms with Gasteiger partial charge in [0.2, 0.25) is 0 Å². The maximum Gasteiger partial charge on any atom is 0.407 e. The van der Waals surface area contributed by atoms with Crippen LogP contribution in [0.1, 0.15) is 48.5 Å². The third-order valence-electron chi connectivity index (χ3n) is 1.44. The van der Waals surface area contributed by atoms with Gasteiger partial charge in [-0.2, -0.15) is 0 Å². The first-order chi connectivity index (χ1) is 7.93. The lowest BCUT2D eigenvalue weighted by Crippen LogP contribution is -2.52. The van der Waals surface area contributed by atoms with Gasteiger partial charge in [0.15, 0.2) is 0 Å². The Labute approximate surface area is 105 Å². The molecule has 0 rings (SSSR count). The van der Waals surface area contributed by atoms with Crippen LogP contribution in [0.5, 0.6) is 0 Å². The van der Waals surface area contributed by atoms with E-state index in [4.69, 9.17) is 14.9 Å². The summed E-state index contributed by atoms with van der Waals surface area (Å²) in [6, 6.07) is 0. The summed E-state index contributed by atoms with van der Waals surface area (Å²) >= 11 is 0. The molecule has 1 amide bonds. The number of rotatable bonds is 4. The zero-order valence-electron chi connectivity index (χ0n) is 12.2. The molecule has 0 heterocycles. The zero-order valence-corrected chi connectivity index (χ0v) is 12.2. The van der Waals surface area contributed by atoms with Crippen LogP contribution < -0.4 is 5.32 Å². The Balaban J connectivity index is -0.000000439. The number of hydrogen-bond donors (Lipinski definition) is 3. The van der Waals surface area contributed by atoms with E-state index in [1.54, 1.807) is 13.8 Å². The third kappa shape index (κ3) is 13.1. The molecule has 0 aliphatic rings. The van der Waals surface area contributed by atoms with Crippen molar-refractivity contribution in [2.24, 2.45) is 0 Å². The minimum absolute atomic E-state index is 0.221. The molecule has 0 bridgehead atoms. The van der Waals surface area contributed by atoms with Crippen molar-refractivity contribution < 1.29 is 19.7 Å². The SMILES string of the molecule is CC.CC.CC(C)OC(=O)NC(C)(CO)CO. The van der Waals surface area contributed by atoms with Crippen molar-refractivity contribution in [3.8, 4) is 0 Å². The van der Waals surface area contributed by atoms with Crippen molar-refractivity contribution in [3.63, 3.8) is 0 Å². The molecule has 0 spiro atoms. The molecule has 5 nitrogen and oxygen atoms in total. The van der Waals surface area contributed by atoms with Crippen molar-refractivity contribution in [2.75, 3.05) is 13.2 Å². The molecule has 0 saturated heterocycles. The van der Waals surface area contributed by atoms with Gasteiger partial charge >= 0.3 is 6.09 Å². The number of carbonyl (C=O) groups is 1. The van der Waals surface area contributed by atoms with Crippen LogP contribution in [0.4, 0.5) is 4.79 Å². The van der Waals surface area contributed by atoms with Gasteiger partial charge in [0.05, 0.1) is 24.9 Å². The van der Waals surface area contributed by atoms with E-state index in [1.165, 1.54) is 6.92 Å². The average Bonchev–Trinajstić information content (AvgIpc) is 2.33. The molecule has 0 fully saturated rings. The Morgan fingerprint density at radius 3 is 1.76 bits per heavy atom. The van der Waals surface area contributed by atoms with Gasteiger partial charge in [0.1, 0.15) is 0 Å². The number of aliphatic hydroxyl groups excluding tert-OH is 2. The van der Waals surface area contributed by atoms with Gasteiger partial charge in [-0.3, -0.25) is 0 Å². The van der Waals surface area contributed by atoms with E-state index in [9.17, 15) is 4.79 Å². The third-order valence-corrected chi connectivity index (χ3v) is 1.44. The summed E-state index contributed by atoms with van der Waals surface area (Å²) in [5.74, 6) is 0. The molecule has 0 aromatic heterocycles. The van der Waals surface area contributed by atoms with E-state index < -0.39 is 11.6 Å². The fraction of sp³-hybridized carbons (Fsp3) is 0.917. The van der Waals surface area contributed by atoms with Gasteiger partial charge in [-0.15, -0.1) is 0 Å². The molecule has 0 aliphatic carbocycles. The molecule has 0 aliphatic heterocycles. The molecule has 5 heteroatoms. The largest absolute Gasteiger partial charge is 0.447 e. The Morgan fingerprint density at radius 2 is 1.53 bits per heavy atom. The minimum atomic E-state index is -1.02. The molecule has 17 heavy (non-hydrogen) atoms. The van der Waals surface area contributed by atoms with Gasteiger partial charge in [-0.1, -0.05) is 27.7 Å². The summed E-state index contributed by atoms with van der Waals surface area (Å²) < 4.78 is 4.78. The van der Waals surface area contributed by atoms with E-state index in [2.05, 4.69) is 5.32 Å². The summed E-state index contributed by atoms with van der Waals surface area (Å²) in [6.07, 6.45) is -0.859. The molecule has 106 valence electrons. The second kappa shape index (κ2) is 13.3. The summed E-state index contributed by atoms with van der Waals surface area (Å²) in [5, 5.41) is 20.0. The van der Waals surface area contributed by atoms with Crippen molar-refractivity contribution in [3.05, 3.63) is 0 Å². The van der Waals surface area contributed by atoms with Crippen LogP contribution >= 0.6 is 0 Å². The van der Waals surface area contributed by atoms with E-state index >= 15 is 0 Å². The second-order valence-corrected chi connectivity index (χ2v) is 3.46. The van der Waals surface area contributed by atoms with Gasteiger partial charge in [-0.05, 0) is 20.8 Å². The lowest BCUT2D eigenvalue weighted by molar-refractivity contribution is 0.0716. The molecule has 0 unspecified atom stereocenters. The van der Waals surface area contributed by atoms with Gasteiger partial charge in [0.25, 0.3) is 0 Å². The first kappa shape index (κ1) is 21.5. The number of amides is 1. The van der Waals surface area contributed by atoms with Crippen molar-refractivity contribution >= 4 is 6.09 Å². The predicted molar refractivity (Wildman–Crippen MR) is 70.0 cm³/mol. The molecular formula is C12H29NO4. The van der Waals surface area contributed by atoms with Crippen LogP contribution in [0.3, 0.4) is 0 Å². The van der Waals surface area contributed by atoms with Gasteiger partial charge in [-0.25, -0.2) is 4.79 Å².